The Balaban J connectivity index is 0.00000164. The summed E-state index contributed by atoms with van der Waals surface area (Å²) in [5.74, 6) is 0.312. The zero-order valence-electron chi connectivity index (χ0n) is 22.0. The van der Waals surface area contributed by atoms with Gasteiger partial charge in [-0.25, -0.2) is 19.3 Å². The summed E-state index contributed by atoms with van der Waals surface area (Å²) >= 11 is 2.95. The number of pyridine rings is 1. The molecule has 38 heavy (non-hydrogen) atoms. The summed E-state index contributed by atoms with van der Waals surface area (Å²) in [5.41, 5.74) is 6.28. The number of nitrogens with one attached hydrogen (secondary N) is 1. The van der Waals surface area contributed by atoms with Gasteiger partial charge < -0.3 is 9.47 Å². The zero-order chi connectivity index (χ0) is 27.1. The van der Waals surface area contributed by atoms with Crippen molar-refractivity contribution in [3.63, 3.8) is 0 Å². The van der Waals surface area contributed by atoms with E-state index in [2.05, 4.69) is 15.8 Å². The van der Waals surface area contributed by atoms with E-state index in [0.29, 0.717) is 25.6 Å². The van der Waals surface area contributed by atoms with Crippen molar-refractivity contribution in [2.45, 2.75) is 39.2 Å². The molecule has 0 aliphatic carbocycles. The van der Waals surface area contributed by atoms with Crippen LogP contribution in [0.1, 0.15) is 30.7 Å². The Morgan fingerprint density at radius 1 is 1.00 bits per heavy atom. The minimum absolute atomic E-state index is 0.245. The first-order chi connectivity index (χ1) is 18.5. The Labute approximate surface area is 230 Å². The average molecular weight is 552 g/mol. The molecule has 0 bridgehead atoms. The number of halogens is 1. The molecule has 3 aromatic heterocycles. The Morgan fingerprint density at radius 3 is 2.55 bits per heavy atom. The minimum atomic E-state index is -0.245. The standard InChI is InChI=1S/C26H24FN5O2S2.C2H6/c1-15-10-20(24-21(11-15)30-18(13-28-24)14-33-3)25-32-23-16(2)12-22(31-26(23)35-25)34-9-8-29-36-19-6-4-17(27)5-7-19;1-2/h4-7,10-13,29H,8-9,14H2,1-3H3;1-2H3. The van der Waals surface area contributed by atoms with E-state index in [0.717, 1.165) is 53.7 Å². The first-order valence-corrected chi connectivity index (χ1v) is 14.0. The number of aromatic nitrogens is 4. The maximum Gasteiger partial charge on any atom is 0.215 e. The number of hydrogen-bond donors (Lipinski definition) is 1. The van der Waals surface area contributed by atoms with E-state index in [4.69, 9.17) is 24.4 Å². The molecule has 0 amide bonds. The lowest BCUT2D eigenvalue weighted by Crippen LogP contribution is -2.14. The van der Waals surface area contributed by atoms with E-state index in [-0.39, 0.29) is 5.82 Å². The fourth-order valence-electron chi connectivity index (χ4n) is 3.74. The molecule has 10 heteroatoms. The summed E-state index contributed by atoms with van der Waals surface area (Å²) in [7, 11) is 1.64. The molecule has 0 saturated carbocycles. The molecule has 0 radical (unpaired) electrons. The number of thiazole rings is 1. The van der Waals surface area contributed by atoms with Crippen LogP contribution in [0.3, 0.4) is 0 Å². The second-order valence-electron chi connectivity index (χ2n) is 8.22. The van der Waals surface area contributed by atoms with Crippen molar-refractivity contribution in [3.05, 3.63) is 71.3 Å². The summed E-state index contributed by atoms with van der Waals surface area (Å²) in [4.78, 5) is 20.7. The maximum atomic E-state index is 13.0. The predicted octanol–water partition coefficient (Wildman–Crippen LogP) is 6.91. The van der Waals surface area contributed by atoms with Crippen LogP contribution in [-0.2, 0) is 11.3 Å². The molecule has 1 N–H and O–H groups in total. The van der Waals surface area contributed by atoms with E-state index >= 15 is 0 Å². The molecule has 0 saturated heterocycles. The van der Waals surface area contributed by atoms with Crippen molar-refractivity contribution in [3.8, 4) is 16.5 Å². The number of rotatable bonds is 9. The van der Waals surface area contributed by atoms with Crippen LogP contribution >= 0.6 is 23.3 Å². The molecular formula is C28H30FN5O2S2. The Hall–Kier alpha value is -3.18. The Bertz CT molecular complexity index is 1530. The third kappa shape index (κ3) is 6.63. The molecule has 0 fully saturated rings. The predicted molar refractivity (Wildman–Crippen MR) is 153 cm³/mol. The summed E-state index contributed by atoms with van der Waals surface area (Å²) in [6.45, 7) is 9.51. The lowest BCUT2D eigenvalue weighted by molar-refractivity contribution is 0.181. The fourth-order valence-corrected chi connectivity index (χ4v) is 5.39. The van der Waals surface area contributed by atoms with Crippen molar-refractivity contribution < 1.29 is 13.9 Å². The third-order valence-electron chi connectivity index (χ3n) is 5.36. The molecular weight excluding hydrogens is 521 g/mol. The summed E-state index contributed by atoms with van der Waals surface area (Å²) in [6.07, 6.45) is 1.75. The minimum Gasteiger partial charge on any atom is -0.476 e. The molecule has 0 unspecified atom stereocenters. The van der Waals surface area contributed by atoms with E-state index in [1.807, 2.05) is 39.8 Å². The van der Waals surface area contributed by atoms with Gasteiger partial charge in [0.1, 0.15) is 27.8 Å². The van der Waals surface area contributed by atoms with Gasteiger partial charge >= 0.3 is 0 Å². The topological polar surface area (TPSA) is 82.1 Å². The second kappa shape index (κ2) is 13.1. The van der Waals surface area contributed by atoms with Crippen LogP contribution in [0.4, 0.5) is 4.39 Å². The summed E-state index contributed by atoms with van der Waals surface area (Å²) < 4.78 is 27.3. The molecule has 3 heterocycles. The van der Waals surface area contributed by atoms with E-state index < -0.39 is 0 Å². The maximum absolute atomic E-state index is 13.0. The first kappa shape index (κ1) is 27.8. The SMILES string of the molecule is CC.COCc1cnc2c(-c3nc4c(C)cc(OCCNSc5ccc(F)cc5)nc4s3)cc(C)cc2n1. The van der Waals surface area contributed by atoms with Crippen LogP contribution in [0.15, 0.2) is 53.6 Å². The van der Waals surface area contributed by atoms with E-state index in [1.54, 1.807) is 25.4 Å². The molecule has 0 atom stereocenters. The van der Waals surface area contributed by atoms with Gasteiger partial charge in [0, 0.05) is 30.2 Å². The van der Waals surface area contributed by atoms with Crippen molar-refractivity contribution in [1.82, 2.24) is 24.7 Å². The van der Waals surface area contributed by atoms with Crippen LogP contribution in [0.2, 0.25) is 0 Å². The third-order valence-corrected chi connectivity index (χ3v) is 7.19. The summed E-state index contributed by atoms with van der Waals surface area (Å²) in [5, 5.41) is 0.845. The number of nitrogens with zero attached hydrogens (tertiary/aromatic N) is 4. The highest BCUT2D eigenvalue weighted by atomic mass is 32.2. The molecule has 0 aliphatic rings. The van der Waals surface area contributed by atoms with Gasteiger partial charge in [0.15, 0.2) is 0 Å². The molecule has 7 nitrogen and oxygen atoms in total. The highest BCUT2D eigenvalue weighted by molar-refractivity contribution is 7.97. The molecule has 5 rings (SSSR count). The highest BCUT2D eigenvalue weighted by Crippen LogP contribution is 2.35. The largest absolute Gasteiger partial charge is 0.476 e. The van der Waals surface area contributed by atoms with Gasteiger partial charge in [-0.15, -0.1) is 0 Å². The normalized spacial score (nSPS) is 11.0. The zero-order valence-corrected chi connectivity index (χ0v) is 23.7. The van der Waals surface area contributed by atoms with Crippen LogP contribution in [0.5, 0.6) is 5.88 Å². The van der Waals surface area contributed by atoms with Crippen LogP contribution in [0, 0.1) is 19.7 Å². The lowest BCUT2D eigenvalue weighted by atomic mass is 10.1. The van der Waals surface area contributed by atoms with Crippen molar-refractivity contribution in [2.75, 3.05) is 20.3 Å². The smallest absolute Gasteiger partial charge is 0.215 e. The summed E-state index contributed by atoms with van der Waals surface area (Å²) in [6, 6.07) is 12.4. The van der Waals surface area contributed by atoms with Gasteiger partial charge in [-0.2, -0.15) is 0 Å². The molecule has 2 aromatic carbocycles. The quantitative estimate of drug-likeness (QED) is 0.156. The first-order valence-electron chi connectivity index (χ1n) is 12.3. The number of hydrogen-bond acceptors (Lipinski definition) is 9. The van der Waals surface area contributed by atoms with E-state index in [9.17, 15) is 4.39 Å². The number of fused-ring (bicyclic) bond motifs is 2. The average Bonchev–Trinajstić information content (AvgIpc) is 3.35. The second-order valence-corrected chi connectivity index (χ2v) is 10.2. The van der Waals surface area contributed by atoms with Gasteiger partial charge in [-0.3, -0.25) is 9.71 Å². The fraction of sp³-hybridized carbons (Fsp3) is 0.286. The van der Waals surface area contributed by atoms with Crippen LogP contribution in [0.25, 0.3) is 32.0 Å². The van der Waals surface area contributed by atoms with Crippen molar-refractivity contribution in [2.24, 2.45) is 0 Å². The monoisotopic (exact) mass is 551 g/mol. The van der Waals surface area contributed by atoms with Crippen LogP contribution < -0.4 is 9.46 Å². The molecule has 5 aromatic rings. The molecule has 0 aliphatic heterocycles. The number of methoxy groups -OCH3 is 1. The van der Waals surface area contributed by atoms with Gasteiger partial charge in [-0.1, -0.05) is 25.2 Å². The molecule has 198 valence electrons. The van der Waals surface area contributed by atoms with Crippen molar-refractivity contribution in [1.29, 1.82) is 0 Å². The highest BCUT2D eigenvalue weighted by Gasteiger charge is 2.16. The molecule has 0 spiro atoms. The number of aryl methyl sites for hydroxylation is 2. The van der Waals surface area contributed by atoms with Gasteiger partial charge in [-0.05, 0) is 73.3 Å². The number of ether oxygens (including phenoxy) is 2. The van der Waals surface area contributed by atoms with Gasteiger partial charge in [0.25, 0.3) is 0 Å². The number of benzene rings is 2. The van der Waals surface area contributed by atoms with E-state index in [1.165, 1.54) is 35.4 Å². The Morgan fingerprint density at radius 2 is 1.79 bits per heavy atom. The van der Waals surface area contributed by atoms with Crippen LogP contribution in [-0.4, -0.2) is 40.2 Å². The van der Waals surface area contributed by atoms with Crippen molar-refractivity contribution >= 4 is 44.7 Å². The van der Waals surface area contributed by atoms with Gasteiger partial charge in [0.05, 0.1) is 29.5 Å². The lowest BCUT2D eigenvalue weighted by Gasteiger charge is -2.07. The van der Waals surface area contributed by atoms with Gasteiger partial charge in [0.2, 0.25) is 5.88 Å². The Kier molecular flexibility index (Phi) is 9.57.